The monoisotopic (exact) mass is 363 g/mol. The number of aliphatic hydroxyl groups is 3. The topological polar surface area (TPSA) is 151 Å². The van der Waals surface area contributed by atoms with E-state index < -0.39 is 0 Å². The smallest absolute Gasteiger partial charge is 0.101 e. The molecule has 0 unspecified atom stereocenters. The molecule has 0 aliphatic heterocycles. The summed E-state index contributed by atoms with van der Waals surface area (Å²) in [5.41, 5.74) is 0. The molecular formula is C15H45N3O6. The van der Waals surface area contributed by atoms with Crippen LogP contribution in [-0.4, -0.2) is 148 Å². The van der Waals surface area contributed by atoms with Crippen LogP contribution in [0.5, 0.6) is 0 Å². The predicted octanol–water partition coefficient (Wildman–Crippen LogP) is -1.48. The third-order valence-corrected chi connectivity index (χ3v) is 2.31. The van der Waals surface area contributed by atoms with Gasteiger partial charge in [-0.2, -0.15) is 0 Å². The highest BCUT2D eigenvalue weighted by Gasteiger charge is 2.03. The number of likely N-dealkylation sites (N-methyl/N-ethyl adjacent to an activating group) is 3. The normalized spacial score (nSPS) is 10.5. The van der Waals surface area contributed by atoms with Crippen LogP contribution in [0.25, 0.3) is 0 Å². The van der Waals surface area contributed by atoms with Gasteiger partial charge >= 0.3 is 0 Å². The molecule has 0 radical (unpaired) electrons. The molecular weight excluding hydrogens is 318 g/mol. The predicted molar refractivity (Wildman–Crippen MR) is 95.8 cm³/mol. The Morgan fingerprint density at radius 3 is 0.542 bits per heavy atom. The van der Waals surface area contributed by atoms with E-state index in [1.54, 1.807) is 0 Å². The average molecular weight is 364 g/mol. The minimum absolute atomic E-state index is 0. The Labute approximate surface area is 149 Å². The molecule has 0 heterocycles. The first-order valence-corrected chi connectivity index (χ1v) is 7.42. The van der Waals surface area contributed by atoms with Crippen molar-refractivity contribution in [1.29, 1.82) is 0 Å². The quantitative estimate of drug-likeness (QED) is 0.490. The lowest BCUT2D eigenvalue weighted by molar-refractivity contribution is -0.870. The summed E-state index contributed by atoms with van der Waals surface area (Å²) in [4.78, 5) is 0. The van der Waals surface area contributed by atoms with Crippen LogP contribution in [0.4, 0.5) is 0 Å². The number of nitrogens with zero attached hydrogens (tertiary/aromatic N) is 3. The molecule has 0 aromatic carbocycles. The standard InChI is InChI=1S/3C5H14NO.3H2O/c3*1-6(2,3)4-5-7;;;/h3*7H,4-5H2,1-3H3;3*1H2/q3*+1;;;/p-3. The number of aliphatic hydroxyl groups excluding tert-OH is 3. The maximum atomic E-state index is 8.39. The van der Waals surface area contributed by atoms with E-state index in [1.165, 1.54) is 0 Å². The molecule has 0 aromatic rings. The molecule has 0 saturated heterocycles. The SMILES string of the molecule is C[N+](C)(C)CCO.C[N+](C)(C)CCO.C[N+](C)(C)CCO.[OH-].[OH-].[OH-]. The number of hydrogen-bond donors (Lipinski definition) is 3. The van der Waals surface area contributed by atoms with Crippen LogP contribution >= 0.6 is 0 Å². The fourth-order valence-corrected chi connectivity index (χ4v) is 0.900. The van der Waals surface area contributed by atoms with Crippen molar-refractivity contribution in [2.24, 2.45) is 0 Å². The molecule has 0 fully saturated rings. The largest absolute Gasteiger partial charge is 0.870 e. The summed E-state index contributed by atoms with van der Waals surface area (Å²) in [5.74, 6) is 0. The second-order valence-electron chi connectivity index (χ2n) is 8.21. The fourth-order valence-electron chi connectivity index (χ4n) is 0.900. The second-order valence-corrected chi connectivity index (χ2v) is 8.21. The van der Waals surface area contributed by atoms with Gasteiger partial charge < -0.3 is 45.2 Å². The molecule has 0 aliphatic rings. The molecule has 0 atom stereocenters. The molecule has 0 amide bonds. The van der Waals surface area contributed by atoms with E-state index in [9.17, 15) is 0 Å². The lowest BCUT2D eigenvalue weighted by Gasteiger charge is -2.21. The minimum atomic E-state index is 0. The van der Waals surface area contributed by atoms with Crippen LogP contribution in [-0.2, 0) is 0 Å². The van der Waals surface area contributed by atoms with Crippen molar-refractivity contribution in [2.75, 3.05) is 103 Å². The van der Waals surface area contributed by atoms with Crippen molar-refractivity contribution < 1.29 is 45.2 Å². The maximum Gasteiger partial charge on any atom is 0.101 e. The summed E-state index contributed by atoms with van der Waals surface area (Å²) in [6.07, 6.45) is 0. The van der Waals surface area contributed by atoms with Crippen LogP contribution in [0.15, 0.2) is 0 Å². The minimum Gasteiger partial charge on any atom is -0.870 e. The molecule has 6 N–H and O–H groups in total. The van der Waals surface area contributed by atoms with Gasteiger partial charge in [0.05, 0.1) is 83.2 Å². The zero-order valence-corrected chi connectivity index (χ0v) is 17.3. The highest BCUT2D eigenvalue weighted by Crippen LogP contribution is 1.85. The van der Waals surface area contributed by atoms with E-state index in [2.05, 4.69) is 63.4 Å². The molecule has 9 nitrogen and oxygen atoms in total. The Morgan fingerprint density at radius 2 is 0.542 bits per heavy atom. The van der Waals surface area contributed by atoms with E-state index in [4.69, 9.17) is 15.3 Å². The molecule has 0 aliphatic carbocycles. The first-order valence-electron chi connectivity index (χ1n) is 7.42. The zero-order chi connectivity index (χ0) is 17.7. The Bertz CT molecular complexity index is 185. The van der Waals surface area contributed by atoms with Crippen molar-refractivity contribution in [3.05, 3.63) is 0 Å². The third-order valence-electron chi connectivity index (χ3n) is 2.31. The van der Waals surface area contributed by atoms with Gasteiger partial charge in [0, 0.05) is 0 Å². The molecule has 9 heteroatoms. The Kier molecular flexibility index (Phi) is 30.8. The van der Waals surface area contributed by atoms with Gasteiger partial charge in [-0.25, -0.2) is 0 Å². The summed E-state index contributed by atoms with van der Waals surface area (Å²) in [5, 5.41) is 25.2. The van der Waals surface area contributed by atoms with Gasteiger partial charge in [-0.1, -0.05) is 0 Å². The van der Waals surface area contributed by atoms with Crippen LogP contribution in [0.3, 0.4) is 0 Å². The van der Waals surface area contributed by atoms with Gasteiger partial charge in [0.15, 0.2) is 0 Å². The molecule has 0 bridgehead atoms. The Hall–Kier alpha value is -0.360. The van der Waals surface area contributed by atoms with Crippen molar-refractivity contribution >= 4 is 0 Å². The van der Waals surface area contributed by atoms with Crippen molar-refractivity contribution in [1.82, 2.24) is 0 Å². The van der Waals surface area contributed by atoms with Gasteiger partial charge in [0.25, 0.3) is 0 Å². The van der Waals surface area contributed by atoms with E-state index in [0.29, 0.717) is 0 Å². The van der Waals surface area contributed by atoms with Crippen LogP contribution in [0.1, 0.15) is 0 Å². The zero-order valence-electron chi connectivity index (χ0n) is 17.3. The summed E-state index contributed by atoms with van der Waals surface area (Å²) >= 11 is 0. The van der Waals surface area contributed by atoms with Gasteiger partial charge in [-0.05, 0) is 0 Å². The van der Waals surface area contributed by atoms with E-state index in [-0.39, 0.29) is 36.2 Å². The molecule has 0 rings (SSSR count). The average Bonchev–Trinajstić information content (AvgIpc) is 2.12. The van der Waals surface area contributed by atoms with Gasteiger partial charge in [0.2, 0.25) is 0 Å². The lowest BCUT2D eigenvalue weighted by Crippen LogP contribution is -2.36. The van der Waals surface area contributed by atoms with E-state index in [0.717, 1.165) is 33.1 Å². The highest BCUT2D eigenvalue weighted by molar-refractivity contribution is 4.20. The summed E-state index contributed by atoms with van der Waals surface area (Å²) < 4.78 is 2.53. The molecule has 24 heavy (non-hydrogen) atoms. The molecule has 0 saturated carbocycles. The van der Waals surface area contributed by atoms with Crippen LogP contribution < -0.4 is 0 Å². The summed E-state index contributed by atoms with van der Waals surface area (Å²) in [6.45, 7) is 3.34. The van der Waals surface area contributed by atoms with Gasteiger partial charge in [0.1, 0.15) is 19.6 Å². The Morgan fingerprint density at radius 1 is 0.417 bits per heavy atom. The van der Waals surface area contributed by atoms with Crippen molar-refractivity contribution in [3.63, 3.8) is 0 Å². The van der Waals surface area contributed by atoms with Crippen molar-refractivity contribution in [2.45, 2.75) is 0 Å². The Balaban J connectivity index is -0.0000000476. The maximum absolute atomic E-state index is 8.39. The highest BCUT2D eigenvalue weighted by atomic mass is 16.3. The summed E-state index contributed by atoms with van der Waals surface area (Å²) in [7, 11) is 18.5. The third kappa shape index (κ3) is 68.0. The number of rotatable bonds is 6. The summed E-state index contributed by atoms with van der Waals surface area (Å²) in [6, 6.07) is 0. The second kappa shape index (κ2) is 19.0. The van der Waals surface area contributed by atoms with Gasteiger partial charge in [-0.3, -0.25) is 0 Å². The number of hydrogen-bond acceptors (Lipinski definition) is 6. The lowest BCUT2D eigenvalue weighted by atomic mass is 10.5. The van der Waals surface area contributed by atoms with E-state index in [1.807, 2.05) is 0 Å². The van der Waals surface area contributed by atoms with Crippen LogP contribution in [0.2, 0.25) is 0 Å². The van der Waals surface area contributed by atoms with Gasteiger partial charge in [-0.15, -0.1) is 0 Å². The first-order chi connectivity index (χ1) is 9.18. The van der Waals surface area contributed by atoms with Crippen molar-refractivity contribution in [3.8, 4) is 0 Å². The first kappa shape index (κ1) is 38.9. The van der Waals surface area contributed by atoms with Crippen LogP contribution in [0, 0.1) is 0 Å². The fraction of sp³-hybridized carbons (Fsp3) is 1.00. The molecule has 0 spiro atoms. The van der Waals surface area contributed by atoms with E-state index >= 15 is 0 Å². The molecule has 0 aromatic heterocycles. The molecule has 156 valence electrons. The number of quaternary nitrogens is 3.